The van der Waals surface area contributed by atoms with Gasteiger partial charge in [-0.05, 0) is 12.1 Å². The molecule has 0 heterocycles. The molecule has 0 atom stereocenters. The number of carbonyl (C=O) groups is 1. The lowest BCUT2D eigenvalue weighted by molar-refractivity contribution is 0.0664. The van der Waals surface area contributed by atoms with Crippen LogP contribution < -0.4 is 0 Å². The highest BCUT2D eigenvalue weighted by atomic mass is 16.5. The molecule has 0 aliphatic rings. The molecule has 1 aromatic rings. The Morgan fingerprint density at radius 1 is 1.23 bits per heavy atom. The SMILES string of the molecule is C=C.C=COC(=O)c1ccccc1. The van der Waals surface area contributed by atoms with E-state index in [0.717, 1.165) is 6.26 Å². The molecule has 0 radical (unpaired) electrons. The van der Waals surface area contributed by atoms with Gasteiger partial charge in [0.25, 0.3) is 0 Å². The number of ether oxygens (including phenoxy) is 1. The summed E-state index contributed by atoms with van der Waals surface area (Å²) in [5.41, 5.74) is 0.535. The summed E-state index contributed by atoms with van der Waals surface area (Å²) in [5.74, 6) is -0.374. The van der Waals surface area contributed by atoms with Gasteiger partial charge in [0.05, 0.1) is 11.8 Å². The molecule has 2 nitrogen and oxygen atoms in total. The highest BCUT2D eigenvalue weighted by Gasteiger charge is 2.01. The number of benzene rings is 1. The molecular weight excluding hydrogens is 164 g/mol. The number of hydrogen-bond acceptors (Lipinski definition) is 2. The van der Waals surface area contributed by atoms with Crippen LogP contribution in [0.1, 0.15) is 10.4 Å². The zero-order chi connectivity index (χ0) is 10.1. The third-order valence-electron chi connectivity index (χ3n) is 1.20. The van der Waals surface area contributed by atoms with E-state index in [4.69, 9.17) is 0 Å². The van der Waals surface area contributed by atoms with Crippen LogP contribution in [0.15, 0.2) is 56.3 Å². The van der Waals surface area contributed by atoms with E-state index < -0.39 is 0 Å². The topological polar surface area (TPSA) is 26.3 Å². The first-order chi connectivity index (χ1) is 6.34. The van der Waals surface area contributed by atoms with E-state index in [1.165, 1.54) is 0 Å². The fourth-order valence-corrected chi connectivity index (χ4v) is 0.718. The lowest BCUT2D eigenvalue weighted by Gasteiger charge is -1.96. The maximum atomic E-state index is 11.0. The van der Waals surface area contributed by atoms with Crippen molar-refractivity contribution < 1.29 is 9.53 Å². The second kappa shape index (κ2) is 6.85. The first-order valence-electron chi connectivity index (χ1n) is 3.71. The minimum atomic E-state index is -0.374. The van der Waals surface area contributed by atoms with Crippen molar-refractivity contribution in [3.8, 4) is 0 Å². The zero-order valence-corrected chi connectivity index (χ0v) is 7.40. The Hall–Kier alpha value is -1.83. The summed E-state index contributed by atoms with van der Waals surface area (Å²) < 4.78 is 4.55. The molecule has 2 heteroatoms. The molecule has 0 unspecified atom stereocenters. The summed E-state index contributed by atoms with van der Waals surface area (Å²) in [6.45, 7) is 9.28. The predicted molar refractivity (Wildman–Crippen MR) is 53.3 cm³/mol. The molecule has 1 rings (SSSR count). The molecule has 0 saturated carbocycles. The zero-order valence-electron chi connectivity index (χ0n) is 7.40. The maximum absolute atomic E-state index is 11.0. The molecule has 0 saturated heterocycles. The normalized spacial score (nSPS) is 7.69. The van der Waals surface area contributed by atoms with Gasteiger partial charge in [0.15, 0.2) is 0 Å². The van der Waals surface area contributed by atoms with E-state index in [-0.39, 0.29) is 5.97 Å². The van der Waals surface area contributed by atoms with E-state index >= 15 is 0 Å². The van der Waals surface area contributed by atoms with E-state index in [1.54, 1.807) is 24.3 Å². The van der Waals surface area contributed by atoms with Crippen LogP contribution in [0.2, 0.25) is 0 Å². The summed E-state index contributed by atoms with van der Waals surface area (Å²) in [6.07, 6.45) is 1.12. The summed E-state index contributed by atoms with van der Waals surface area (Å²) in [4.78, 5) is 11.0. The minimum absolute atomic E-state index is 0.374. The van der Waals surface area contributed by atoms with Gasteiger partial charge in [-0.25, -0.2) is 4.79 Å². The first kappa shape index (κ1) is 11.2. The van der Waals surface area contributed by atoms with Crippen molar-refractivity contribution >= 4 is 5.97 Å². The summed E-state index contributed by atoms with van der Waals surface area (Å²) in [5, 5.41) is 0. The van der Waals surface area contributed by atoms with Crippen molar-refractivity contribution in [3.05, 3.63) is 61.9 Å². The molecule has 0 aliphatic carbocycles. The predicted octanol–water partition coefficient (Wildman–Crippen LogP) is 2.79. The average molecular weight is 176 g/mol. The van der Waals surface area contributed by atoms with Gasteiger partial charge < -0.3 is 4.74 Å². The van der Waals surface area contributed by atoms with Crippen LogP contribution in [0, 0.1) is 0 Å². The molecule has 0 fully saturated rings. The van der Waals surface area contributed by atoms with Gasteiger partial charge in [-0.1, -0.05) is 24.8 Å². The summed E-state index contributed by atoms with van der Waals surface area (Å²) >= 11 is 0. The van der Waals surface area contributed by atoms with Gasteiger partial charge in [0.2, 0.25) is 0 Å². The van der Waals surface area contributed by atoms with Crippen molar-refractivity contribution in [2.75, 3.05) is 0 Å². The van der Waals surface area contributed by atoms with Gasteiger partial charge in [0.1, 0.15) is 0 Å². The lowest BCUT2D eigenvalue weighted by atomic mass is 10.2. The standard InChI is InChI=1S/C9H8O2.C2H4/c1-2-11-9(10)8-6-4-3-5-7-8;1-2/h2-7H,1H2;1-2H2. The van der Waals surface area contributed by atoms with Crippen LogP contribution in [-0.4, -0.2) is 5.97 Å². The second-order valence-electron chi connectivity index (χ2n) is 1.94. The third kappa shape index (κ3) is 3.91. The molecule has 0 N–H and O–H groups in total. The third-order valence-corrected chi connectivity index (χ3v) is 1.20. The average Bonchev–Trinajstić information content (AvgIpc) is 2.23. The fraction of sp³-hybridized carbons (Fsp3) is 0. The number of esters is 1. The molecule has 0 bridgehead atoms. The van der Waals surface area contributed by atoms with Crippen molar-refractivity contribution in [3.63, 3.8) is 0 Å². The van der Waals surface area contributed by atoms with Crippen LogP contribution in [0.25, 0.3) is 0 Å². The number of carbonyl (C=O) groups excluding carboxylic acids is 1. The van der Waals surface area contributed by atoms with Crippen LogP contribution >= 0.6 is 0 Å². The summed E-state index contributed by atoms with van der Waals surface area (Å²) in [7, 11) is 0. The number of rotatable bonds is 2. The minimum Gasteiger partial charge on any atom is -0.432 e. The monoisotopic (exact) mass is 176 g/mol. The molecule has 0 aromatic heterocycles. The molecule has 68 valence electrons. The second-order valence-corrected chi connectivity index (χ2v) is 1.94. The van der Waals surface area contributed by atoms with Crippen LogP contribution in [0.5, 0.6) is 0 Å². The van der Waals surface area contributed by atoms with Gasteiger partial charge in [0, 0.05) is 0 Å². The fourth-order valence-electron chi connectivity index (χ4n) is 0.718. The Balaban J connectivity index is 0.000000671. The Kier molecular flexibility index (Phi) is 5.89. The van der Waals surface area contributed by atoms with E-state index in [1.807, 2.05) is 6.07 Å². The first-order valence-corrected chi connectivity index (χ1v) is 3.71. The number of hydrogen-bond donors (Lipinski definition) is 0. The largest absolute Gasteiger partial charge is 0.432 e. The highest BCUT2D eigenvalue weighted by Crippen LogP contribution is 2.00. The quantitative estimate of drug-likeness (QED) is 0.393. The summed E-state index contributed by atoms with van der Waals surface area (Å²) in [6, 6.07) is 8.77. The van der Waals surface area contributed by atoms with Gasteiger partial charge >= 0.3 is 5.97 Å². The Morgan fingerprint density at radius 3 is 2.23 bits per heavy atom. The smallest absolute Gasteiger partial charge is 0.342 e. The maximum Gasteiger partial charge on any atom is 0.342 e. The van der Waals surface area contributed by atoms with Gasteiger partial charge in [-0.2, -0.15) is 0 Å². The van der Waals surface area contributed by atoms with Gasteiger partial charge in [-0.3, -0.25) is 0 Å². The Morgan fingerprint density at radius 2 is 1.77 bits per heavy atom. The van der Waals surface area contributed by atoms with Crippen LogP contribution in [-0.2, 0) is 4.74 Å². The van der Waals surface area contributed by atoms with Crippen molar-refractivity contribution in [1.82, 2.24) is 0 Å². The van der Waals surface area contributed by atoms with Crippen LogP contribution in [0.4, 0.5) is 0 Å². The highest BCUT2D eigenvalue weighted by molar-refractivity contribution is 5.89. The Bertz CT molecular complexity index is 265. The van der Waals surface area contributed by atoms with Crippen LogP contribution in [0.3, 0.4) is 0 Å². The molecule has 0 amide bonds. The van der Waals surface area contributed by atoms with Gasteiger partial charge in [-0.15, -0.1) is 13.2 Å². The Labute approximate surface area is 78.2 Å². The van der Waals surface area contributed by atoms with Crippen molar-refractivity contribution in [2.24, 2.45) is 0 Å². The van der Waals surface area contributed by atoms with Crippen molar-refractivity contribution in [1.29, 1.82) is 0 Å². The van der Waals surface area contributed by atoms with E-state index in [0.29, 0.717) is 5.56 Å². The molecular formula is C11H12O2. The van der Waals surface area contributed by atoms with E-state index in [9.17, 15) is 4.79 Å². The van der Waals surface area contributed by atoms with E-state index in [2.05, 4.69) is 24.5 Å². The molecule has 1 aromatic carbocycles. The van der Waals surface area contributed by atoms with Crippen molar-refractivity contribution in [2.45, 2.75) is 0 Å². The lowest BCUT2D eigenvalue weighted by Crippen LogP contribution is -1.98. The molecule has 0 spiro atoms. The molecule has 0 aliphatic heterocycles. The molecule has 13 heavy (non-hydrogen) atoms.